The van der Waals surface area contributed by atoms with Crippen molar-refractivity contribution >= 4 is 22.6 Å². The van der Waals surface area contributed by atoms with Gasteiger partial charge in [-0.05, 0) is 0 Å². The number of halogens is 1. The van der Waals surface area contributed by atoms with Crippen LogP contribution < -0.4 is 22.9 Å². The summed E-state index contributed by atoms with van der Waals surface area (Å²) in [6, 6.07) is 0. The second kappa shape index (κ2) is 3.67. The first-order valence-electron chi connectivity index (χ1n) is 2.63. The Labute approximate surface area is 68.5 Å². The highest BCUT2D eigenvalue weighted by atomic mass is 127. The Kier molecular flexibility index (Phi) is 3.90. The van der Waals surface area contributed by atoms with Gasteiger partial charge < -0.3 is 22.9 Å². The van der Waals surface area contributed by atoms with Crippen LogP contribution >= 0.6 is 22.6 Å². The van der Waals surface area contributed by atoms with Crippen molar-refractivity contribution in [3.8, 4) is 0 Å². The third kappa shape index (κ3) is 5.04. The van der Waals surface area contributed by atoms with Crippen LogP contribution in [0.4, 0.5) is 0 Å². The van der Waals surface area contributed by atoms with Gasteiger partial charge in [0.25, 0.3) is 0 Å². The lowest BCUT2D eigenvalue weighted by Gasteiger charge is -2.23. The molecular formula is C4H13IN4. The van der Waals surface area contributed by atoms with Gasteiger partial charge in [0.2, 0.25) is 0 Å². The van der Waals surface area contributed by atoms with Gasteiger partial charge in [-0.2, -0.15) is 0 Å². The Morgan fingerprint density at radius 3 is 1.89 bits per heavy atom. The number of nitrogens with two attached hydrogens (primary N) is 4. The predicted molar refractivity (Wildman–Crippen MR) is 46.8 cm³/mol. The first-order chi connectivity index (χ1) is 3.98. The van der Waals surface area contributed by atoms with E-state index in [4.69, 9.17) is 22.9 Å². The molecule has 0 saturated heterocycles. The van der Waals surface area contributed by atoms with Crippen molar-refractivity contribution in [1.29, 1.82) is 0 Å². The van der Waals surface area contributed by atoms with Gasteiger partial charge in [0.1, 0.15) is 0 Å². The fourth-order valence-electron chi connectivity index (χ4n) is 0.493. The molecule has 4 nitrogen and oxygen atoms in total. The third-order valence-corrected chi connectivity index (χ3v) is 2.28. The van der Waals surface area contributed by atoms with Gasteiger partial charge in [-0.3, -0.25) is 0 Å². The molecule has 0 bridgehead atoms. The molecule has 0 saturated carbocycles. The van der Waals surface area contributed by atoms with Gasteiger partial charge in [-0.25, -0.2) is 0 Å². The van der Waals surface area contributed by atoms with E-state index >= 15 is 0 Å². The molecule has 5 heteroatoms. The zero-order valence-corrected chi connectivity index (χ0v) is 7.34. The highest BCUT2D eigenvalue weighted by Crippen LogP contribution is 2.02. The average molecular weight is 244 g/mol. The van der Waals surface area contributed by atoms with Crippen LogP contribution in [-0.4, -0.2) is 16.3 Å². The highest BCUT2D eigenvalue weighted by Gasteiger charge is 2.18. The van der Waals surface area contributed by atoms with Crippen LogP contribution in [0.1, 0.15) is 6.42 Å². The summed E-state index contributed by atoms with van der Waals surface area (Å²) in [6.07, 6.45) is 0.0467. The van der Waals surface area contributed by atoms with E-state index in [1.165, 1.54) is 0 Å². The predicted octanol–water partition coefficient (Wildman–Crippen LogP) is -1.33. The van der Waals surface area contributed by atoms with Crippen molar-refractivity contribution in [2.45, 2.75) is 18.2 Å². The Balaban J connectivity index is 3.58. The van der Waals surface area contributed by atoms with Crippen molar-refractivity contribution in [3.05, 3.63) is 0 Å². The van der Waals surface area contributed by atoms with Gasteiger partial charge in [0.05, 0.1) is 11.8 Å². The molecule has 0 radical (unpaired) electrons. The summed E-state index contributed by atoms with van der Waals surface area (Å²) >= 11 is 2.10. The lowest BCUT2D eigenvalue weighted by molar-refractivity contribution is 0.420. The number of rotatable bonds is 3. The molecule has 9 heavy (non-hydrogen) atoms. The summed E-state index contributed by atoms with van der Waals surface area (Å²) in [7, 11) is 0. The average Bonchev–Trinajstić information content (AvgIpc) is 1.63. The Morgan fingerprint density at radius 1 is 1.33 bits per heavy atom. The first-order valence-corrected chi connectivity index (χ1v) is 4.15. The van der Waals surface area contributed by atoms with Crippen LogP contribution in [0.3, 0.4) is 0 Å². The first kappa shape index (κ1) is 9.57. The second-order valence-corrected chi connectivity index (χ2v) is 3.00. The van der Waals surface area contributed by atoms with E-state index in [2.05, 4.69) is 22.6 Å². The van der Waals surface area contributed by atoms with Gasteiger partial charge >= 0.3 is 0 Å². The summed E-state index contributed by atoms with van der Waals surface area (Å²) < 4.78 is 0.662. The summed E-state index contributed by atoms with van der Waals surface area (Å²) in [5.74, 6) is 0. The van der Waals surface area contributed by atoms with Crippen LogP contribution in [0.5, 0.6) is 0 Å². The number of hydrogen-bond donors (Lipinski definition) is 4. The third-order valence-electron chi connectivity index (χ3n) is 0.865. The van der Waals surface area contributed by atoms with E-state index in [1.807, 2.05) is 0 Å². The van der Waals surface area contributed by atoms with E-state index in [1.54, 1.807) is 0 Å². The highest BCUT2D eigenvalue weighted by molar-refractivity contribution is 14.1. The molecule has 0 aliphatic rings. The number of hydrogen-bond acceptors (Lipinski definition) is 4. The molecule has 0 spiro atoms. The molecule has 56 valence electrons. The molecule has 0 rings (SSSR count). The molecule has 0 unspecified atom stereocenters. The van der Waals surface area contributed by atoms with Crippen LogP contribution in [0, 0.1) is 0 Å². The smallest absolute Gasteiger partial charge is 0.0756 e. The lowest BCUT2D eigenvalue weighted by atomic mass is 10.1. The zero-order chi connectivity index (χ0) is 7.49. The minimum atomic E-state index is -0.700. The Morgan fingerprint density at radius 2 is 1.78 bits per heavy atom. The van der Waals surface area contributed by atoms with E-state index in [0.717, 1.165) is 0 Å². The minimum absolute atomic E-state index is 0.408. The van der Waals surface area contributed by atoms with Crippen molar-refractivity contribution in [2.75, 3.05) is 4.43 Å². The van der Waals surface area contributed by atoms with Gasteiger partial charge in [-0.15, -0.1) is 0 Å². The maximum atomic E-state index is 5.53. The maximum Gasteiger partial charge on any atom is 0.0756 e. The van der Waals surface area contributed by atoms with E-state index in [0.29, 0.717) is 10.8 Å². The summed E-state index contributed by atoms with van der Waals surface area (Å²) in [5.41, 5.74) is 20.9. The van der Waals surface area contributed by atoms with Crippen LogP contribution in [0.25, 0.3) is 0 Å². The van der Waals surface area contributed by atoms with Crippen LogP contribution in [0.2, 0.25) is 0 Å². The maximum absolute atomic E-state index is 5.53. The summed E-state index contributed by atoms with van der Waals surface area (Å²) in [6.45, 7) is 0. The molecule has 0 fully saturated rings. The quantitative estimate of drug-likeness (QED) is 0.280. The Bertz CT molecular complexity index is 82.6. The van der Waals surface area contributed by atoms with Gasteiger partial charge in [0, 0.05) is 10.8 Å². The van der Waals surface area contributed by atoms with Crippen LogP contribution in [0.15, 0.2) is 0 Å². The molecule has 0 atom stereocenters. The Hall–Kier alpha value is 0.570. The van der Waals surface area contributed by atoms with E-state index in [9.17, 15) is 0 Å². The molecule has 0 amide bonds. The van der Waals surface area contributed by atoms with Crippen molar-refractivity contribution in [2.24, 2.45) is 22.9 Å². The van der Waals surface area contributed by atoms with E-state index < -0.39 is 11.8 Å². The minimum Gasteiger partial charge on any atom is -0.316 e. The number of alkyl halides is 1. The fraction of sp³-hybridized carbons (Fsp3) is 1.00. The fourth-order valence-corrected chi connectivity index (χ4v) is 0.805. The molecule has 0 aromatic rings. The normalized spacial score (nSPS) is 12.7. The molecule has 8 N–H and O–H groups in total. The lowest BCUT2D eigenvalue weighted by Crippen LogP contribution is -2.56. The molecule has 0 aliphatic carbocycles. The largest absolute Gasteiger partial charge is 0.316 e. The SMILES string of the molecule is NC(N)CC(N)(N)CI. The summed E-state index contributed by atoms with van der Waals surface area (Å²) in [4.78, 5) is 0. The van der Waals surface area contributed by atoms with Crippen molar-refractivity contribution in [3.63, 3.8) is 0 Å². The molecule has 0 aliphatic heterocycles. The topological polar surface area (TPSA) is 104 Å². The standard InChI is InChI=1S/C4H13IN4/c5-2-4(8,9)1-3(6)7/h3H,1-2,6-9H2. The van der Waals surface area contributed by atoms with Gasteiger partial charge in [-0.1, -0.05) is 22.6 Å². The monoisotopic (exact) mass is 244 g/mol. The second-order valence-electron chi connectivity index (χ2n) is 2.23. The van der Waals surface area contributed by atoms with E-state index in [-0.39, 0.29) is 0 Å². The molecule has 0 heterocycles. The van der Waals surface area contributed by atoms with Crippen molar-refractivity contribution in [1.82, 2.24) is 0 Å². The van der Waals surface area contributed by atoms with Gasteiger partial charge in [0.15, 0.2) is 0 Å². The zero-order valence-electron chi connectivity index (χ0n) is 5.18. The molecular weight excluding hydrogens is 231 g/mol. The molecule has 0 aromatic heterocycles. The van der Waals surface area contributed by atoms with Crippen molar-refractivity contribution < 1.29 is 0 Å². The molecule has 0 aromatic carbocycles. The van der Waals surface area contributed by atoms with Crippen LogP contribution in [-0.2, 0) is 0 Å². The summed E-state index contributed by atoms with van der Waals surface area (Å²) in [5, 5.41) is 0.